The second-order valence-electron chi connectivity index (χ2n) is 6.23. The van der Waals surface area contributed by atoms with Crippen LogP contribution >= 0.6 is 0 Å². The lowest BCUT2D eigenvalue weighted by Gasteiger charge is -2.34. The second-order valence-corrected chi connectivity index (χ2v) is 6.23. The Hall–Kier alpha value is -2.98. The molecule has 134 valence electrons. The number of carbonyl (C=O) groups is 1. The number of nitriles is 1. The van der Waals surface area contributed by atoms with E-state index in [2.05, 4.69) is 38.1 Å². The molecule has 0 spiro atoms. The molecule has 3 rings (SSSR count). The van der Waals surface area contributed by atoms with Crippen LogP contribution in [0.5, 0.6) is 0 Å². The van der Waals surface area contributed by atoms with E-state index in [9.17, 15) is 4.79 Å². The zero-order valence-corrected chi connectivity index (χ0v) is 15.1. The summed E-state index contributed by atoms with van der Waals surface area (Å²) in [5.41, 5.74) is 1.95. The van der Waals surface area contributed by atoms with E-state index in [4.69, 9.17) is 5.26 Å². The highest BCUT2D eigenvalue weighted by Gasteiger charge is 2.20. The molecule has 1 saturated heterocycles. The summed E-state index contributed by atoms with van der Waals surface area (Å²) in [6, 6.07) is 10.6. The summed E-state index contributed by atoms with van der Waals surface area (Å²) in [5.74, 6) is 0.242. The van der Waals surface area contributed by atoms with Gasteiger partial charge in [-0.15, -0.1) is 0 Å². The van der Waals surface area contributed by atoms with Gasteiger partial charge in [0.05, 0.1) is 11.3 Å². The Morgan fingerprint density at radius 1 is 1.23 bits per heavy atom. The van der Waals surface area contributed by atoms with Crippen LogP contribution in [0.1, 0.15) is 28.7 Å². The molecule has 7 nitrogen and oxygen atoms in total. The Kier molecular flexibility index (Phi) is 5.44. The molecule has 1 aliphatic heterocycles. The van der Waals surface area contributed by atoms with Crippen molar-refractivity contribution in [3.05, 3.63) is 47.3 Å². The highest BCUT2D eigenvalue weighted by Crippen LogP contribution is 2.17. The Morgan fingerprint density at radius 3 is 2.65 bits per heavy atom. The average molecular weight is 350 g/mol. The number of para-hydroxylation sites is 1. The quantitative estimate of drug-likeness (QED) is 0.908. The van der Waals surface area contributed by atoms with Crippen molar-refractivity contribution in [2.24, 2.45) is 0 Å². The number of rotatable bonds is 4. The van der Waals surface area contributed by atoms with Gasteiger partial charge in [-0.25, -0.2) is 9.97 Å². The van der Waals surface area contributed by atoms with Gasteiger partial charge in [0.15, 0.2) is 0 Å². The number of aryl methyl sites for hydroxylation is 1. The first-order valence-electron chi connectivity index (χ1n) is 8.74. The molecule has 1 amide bonds. The molecule has 1 N–H and O–H groups in total. The summed E-state index contributed by atoms with van der Waals surface area (Å²) in [7, 11) is 0. The number of piperazine rings is 1. The molecule has 0 aliphatic carbocycles. The summed E-state index contributed by atoms with van der Waals surface area (Å²) in [6.07, 6.45) is 0. The number of carbonyl (C=O) groups excluding carboxylic acids is 1. The van der Waals surface area contributed by atoms with Crippen LogP contribution in [0.2, 0.25) is 0 Å². The van der Waals surface area contributed by atoms with E-state index in [0.717, 1.165) is 38.4 Å². The number of hydrogen-bond acceptors (Lipinski definition) is 6. The van der Waals surface area contributed by atoms with Crippen LogP contribution in [0.3, 0.4) is 0 Å². The van der Waals surface area contributed by atoms with E-state index >= 15 is 0 Å². The fourth-order valence-electron chi connectivity index (χ4n) is 2.95. The first-order valence-corrected chi connectivity index (χ1v) is 8.74. The van der Waals surface area contributed by atoms with Gasteiger partial charge in [0.1, 0.15) is 11.8 Å². The van der Waals surface area contributed by atoms with Crippen LogP contribution in [-0.2, 0) is 0 Å². The van der Waals surface area contributed by atoms with Crippen molar-refractivity contribution >= 4 is 17.5 Å². The number of amides is 1. The van der Waals surface area contributed by atoms with Gasteiger partial charge < -0.3 is 15.1 Å². The van der Waals surface area contributed by atoms with Crippen LogP contribution in [0.25, 0.3) is 0 Å². The van der Waals surface area contributed by atoms with Crippen LogP contribution in [0.4, 0.5) is 11.6 Å². The zero-order valence-electron chi connectivity index (χ0n) is 15.1. The van der Waals surface area contributed by atoms with Gasteiger partial charge in [0.25, 0.3) is 5.91 Å². The van der Waals surface area contributed by atoms with Crippen molar-refractivity contribution in [3.63, 3.8) is 0 Å². The summed E-state index contributed by atoms with van der Waals surface area (Å²) in [5, 5.41) is 11.9. The lowest BCUT2D eigenvalue weighted by molar-refractivity contribution is 0.102. The summed E-state index contributed by atoms with van der Waals surface area (Å²) < 4.78 is 0. The van der Waals surface area contributed by atoms with Crippen molar-refractivity contribution in [2.75, 3.05) is 42.9 Å². The molecule has 1 fully saturated rings. The molecule has 0 atom stereocenters. The number of aromatic nitrogens is 2. The van der Waals surface area contributed by atoms with Crippen LogP contribution < -0.4 is 10.2 Å². The number of likely N-dealkylation sites (N-methyl/N-ethyl adjacent to an activating group) is 1. The molecule has 1 aromatic carbocycles. The third-order valence-corrected chi connectivity index (χ3v) is 4.47. The van der Waals surface area contributed by atoms with Gasteiger partial charge in [-0.1, -0.05) is 19.1 Å². The highest BCUT2D eigenvalue weighted by molar-refractivity contribution is 6.03. The molecule has 1 aromatic heterocycles. The molecule has 1 aliphatic rings. The smallest absolute Gasteiger partial charge is 0.274 e. The molecule has 7 heteroatoms. The number of benzene rings is 1. The van der Waals surface area contributed by atoms with Gasteiger partial charge in [-0.3, -0.25) is 4.79 Å². The Bertz CT molecular complexity index is 836. The largest absolute Gasteiger partial charge is 0.338 e. The summed E-state index contributed by atoms with van der Waals surface area (Å²) in [6.45, 7) is 8.66. The summed E-state index contributed by atoms with van der Waals surface area (Å²) in [4.78, 5) is 26.1. The predicted molar refractivity (Wildman–Crippen MR) is 100 cm³/mol. The maximum absolute atomic E-state index is 12.6. The minimum Gasteiger partial charge on any atom is -0.338 e. The standard InChI is InChI=1S/C19H22N6O/c1-3-24-8-10-25(11-9-24)19-21-14(2)12-17(23-19)18(26)22-16-7-5-4-6-15(16)13-20/h4-7,12H,3,8-11H2,1-2H3,(H,22,26). The van der Waals surface area contributed by atoms with Crippen molar-refractivity contribution in [1.82, 2.24) is 14.9 Å². The Balaban J connectivity index is 1.79. The second kappa shape index (κ2) is 7.93. The number of nitrogens with one attached hydrogen (secondary N) is 1. The molecule has 0 radical (unpaired) electrons. The Labute approximate surface area is 153 Å². The minimum atomic E-state index is -0.341. The lowest BCUT2D eigenvalue weighted by Crippen LogP contribution is -2.47. The van der Waals surface area contributed by atoms with E-state index in [1.54, 1.807) is 30.3 Å². The van der Waals surface area contributed by atoms with E-state index in [0.29, 0.717) is 22.9 Å². The molecule has 0 unspecified atom stereocenters. The monoisotopic (exact) mass is 350 g/mol. The van der Waals surface area contributed by atoms with Crippen molar-refractivity contribution < 1.29 is 4.79 Å². The van der Waals surface area contributed by atoms with Crippen LogP contribution in [0.15, 0.2) is 30.3 Å². The van der Waals surface area contributed by atoms with Crippen molar-refractivity contribution in [1.29, 1.82) is 5.26 Å². The number of nitrogens with zero attached hydrogens (tertiary/aromatic N) is 5. The van der Waals surface area contributed by atoms with Crippen LogP contribution in [0, 0.1) is 18.3 Å². The fourth-order valence-corrected chi connectivity index (χ4v) is 2.95. The first-order chi connectivity index (χ1) is 12.6. The van der Waals surface area contributed by atoms with Crippen molar-refractivity contribution in [2.45, 2.75) is 13.8 Å². The van der Waals surface area contributed by atoms with Crippen molar-refractivity contribution in [3.8, 4) is 6.07 Å². The number of anilines is 2. The van der Waals surface area contributed by atoms with E-state index in [1.165, 1.54) is 0 Å². The predicted octanol–water partition coefficient (Wildman–Crippen LogP) is 2.05. The third-order valence-electron chi connectivity index (χ3n) is 4.47. The molecule has 2 heterocycles. The maximum Gasteiger partial charge on any atom is 0.274 e. The van der Waals surface area contributed by atoms with Crippen LogP contribution in [-0.4, -0.2) is 53.5 Å². The first kappa shape index (κ1) is 17.8. The summed E-state index contributed by atoms with van der Waals surface area (Å²) >= 11 is 0. The normalized spacial score (nSPS) is 14.7. The highest BCUT2D eigenvalue weighted by atomic mass is 16.1. The molecule has 2 aromatic rings. The van der Waals surface area contributed by atoms with Gasteiger partial charge in [-0.2, -0.15) is 5.26 Å². The topological polar surface area (TPSA) is 85.1 Å². The molecule has 0 saturated carbocycles. The number of hydrogen-bond donors (Lipinski definition) is 1. The minimum absolute atomic E-state index is 0.304. The SMILES string of the molecule is CCN1CCN(c2nc(C)cc(C(=O)Nc3ccccc3C#N)n2)CC1. The van der Waals surface area contributed by atoms with Gasteiger partial charge in [0, 0.05) is 31.9 Å². The average Bonchev–Trinajstić information content (AvgIpc) is 2.68. The van der Waals surface area contributed by atoms with E-state index < -0.39 is 0 Å². The molecular weight excluding hydrogens is 328 g/mol. The maximum atomic E-state index is 12.6. The van der Waals surface area contributed by atoms with Gasteiger partial charge in [-0.05, 0) is 31.7 Å². The molecular formula is C19H22N6O. The molecule has 0 bridgehead atoms. The lowest BCUT2D eigenvalue weighted by atomic mass is 10.2. The zero-order chi connectivity index (χ0) is 18.5. The fraction of sp³-hybridized carbons (Fsp3) is 0.368. The van der Waals surface area contributed by atoms with E-state index in [1.807, 2.05) is 6.92 Å². The van der Waals surface area contributed by atoms with Gasteiger partial charge >= 0.3 is 0 Å². The van der Waals surface area contributed by atoms with E-state index in [-0.39, 0.29) is 5.91 Å². The molecule has 26 heavy (non-hydrogen) atoms. The van der Waals surface area contributed by atoms with Gasteiger partial charge in [0.2, 0.25) is 5.95 Å². The Morgan fingerprint density at radius 2 is 1.96 bits per heavy atom. The third kappa shape index (κ3) is 3.98.